The lowest BCUT2D eigenvalue weighted by molar-refractivity contribution is -0.129. The van der Waals surface area contributed by atoms with Gasteiger partial charge in [0.05, 0.1) is 23.6 Å². The summed E-state index contributed by atoms with van der Waals surface area (Å²) in [5, 5.41) is 2.34. The minimum absolute atomic E-state index is 0.0473. The Labute approximate surface area is 198 Å². The molecule has 1 unspecified atom stereocenters. The number of imide groups is 1. The molecule has 11 heteroatoms. The second-order valence-corrected chi connectivity index (χ2v) is 8.98. The molecular weight excluding hydrogens is 462 g/mol. The molecule has 4 amide bonds. The van der Waals surface area contributed by atoms with Gasteiger partial charge >= 0.3 is 0 Å². The summed E-state index contributed by atoms with van der Waals surface area (Å²) >= 11 is 0.850. The predicted molar refractivity (Wildman–Crippen MR) is 120 cm³/mol. The third-order valence-electron chi connectivity index (χ3n) is 5.71. The standard InChI is InChI=1S/C23H21N3O7S/c27-20-10-15(11-25(20)12-16-2-1-7-31-16)21(28)24-5-6-26-22(29)19(34-23(26)30)9-14-3-4-17-18(8-14)33-13-32-17/h1-4,7-9,15H,5-6,10-13H2,(H,24,28)/b19-9-. The number of carbonyl (C=O) groups is 4. The van der Waals surface area contributed by atoms with Crippen molar-refractivity contribution in [2.75, 3.05) is 26.4 Å². The van der Waals surface area contributed by atoms with Gasteiger partial charge in [-0.2, -0.15) is 0 Å². The van der Waals surface area contributed by atoms with E-state index in [0.717, 1.165) is 16.7 Å². The summed E-state index contributed by atoms with van der Waals surface area (Å²) in [6.45, 7) is 0.925. The molecule has 2 aromatic rings. The van der Waals surface area contributed by atoms with E-state index in [2.05, 4.69) is 5.32 Å². The summed E-state index contributed by atoms with van der Waals surface area (Å²) in [5.41, 5.74) is 0.716. The molecule has 34 heavy (non-hydrogen) atoms. The molecule has 2 saturated heterocycles. The quantitative estimate of drug-likeness (QED) is 0.596. The van der Waals surface area contributed by atoms with Crippen molar-refractivity contribution in [3.63, 3.8) is 0 Å². The zero-order chi connectivity index (χ0) is 23.7. The van der Waals surface area contributed by atoms with E-state index in [9.17, 15) is 19.2 Å². The first-order valence-corrected chi connectivity index (χ1v) is 11.5. The second-order valence-electron chi connectivity index (χ2n) is 7.99. The van der Waals surface area contributed by atoms with Gasteiger partial charge in [0.2, 0.25) is 18.6 Å². The van der Waals surface area contributed by atoms with Crippen LogP contribution in [-0.4, -0.2) is 59.2 Å². The lowest BCUT2D eigenvalue weighted by Gasteiger charge is -2.16. The van der Waals surface area contributed by atoms with Crippen LogP contribution in [0.2, 0.25) is 0 Å². The fraction of sp³-hybridized carbons (Fsp3) is 0.304. The van der Waals surface area contributed by atoms with E-state index in [4.69, 9.17) is 13.9 Å². The van der Waals surface area contributed by atoms with Crippen LogP contribution < -0.4 is 14.8 Å². The zero-order valence-electron chi connectivity index (χ0n) is 18.0. The average Bonchev–Trinajstić information content (AvgIpc) is 3.60. The SMILES string of the molecule is O=C(NCCN1C(=O)S/C(=C\c2ccc3c(c2)OCO3)C1=O)C1CC(=O)N(Cc2ccco2)C1. The number of nitrogens with one attached hydrogen (secondary N) is 1. The molecule has 4 heterocycles. The van der Waals surface area contributed by atoms with Crippen molar-refractivity contribution in [3.05, 3.63) is 52.8 Å². The largest absolute Gasteiger partial charge is 0.467 e. The first kappa shape index (κ1) is 22.1. The van der Waals surface area contributed by atoms with Crippen molar-refractivity contribution in [2.45, 2.75) is 13.0 Å². The van der Waals surface area contributed by atoms with E-state index in [1.54, 1.807) is 41.3 Å². The van der Waals surface area contributed by atoms with Crippen LogP contribution in [0, 0.1) is 5.92 Å². The van der Waals surface area contributed by atoms with Crippen LogP contribution in [0.25, 0.3) is 6.08 Å². The van der Waals surface area contributed by atoms with E-state index in [1.807, 2.05) is 0 Å². The molecule has 5 rings (SSSR count). The number of fused-ring (bicyclic) bond motifs is 1. The molecule has 1 aromatic heterocycles. The number of nitrogens with zero attached hydrogens (tertiary/aromatic N) is 2. The van der Waals surface area contributed by atoms with E-state index < -0.39 is 17.1 Å². The van der Waals surface area contributed by atoms with Crippen molar-refractivity contribution >= 4 is 40.8 Å². The van der Waals surface area contributed by atoms with Crippen LogP contribution in [0.4, 0.5) is 4.79 Å². The highest BCUT2D eigenvalue weighted by atomic mass is 32.2. The Kier molecular flexibility index (Phi) is 6.01. The molecule has 0 bridgehead atoms. The van der Waals surface area contributed by atoms with Gasteiger partial charge in [0, 0.05) is 26.1 Å². The van der Waals surface area contributed by atoms with Gasteiger partial charge in [-0.3, -0.25) is 24.1 Å². The monoisotopic (exact) mass is 483 g/mol. The minimum Gasteiger partial charge on any atom is -0.467 e. The Balaban J connectivity index is 1.13. The number of furan rings is 1. The number of benzene rings is 1. The molecule has 0 aliphatic carbocycles. The van der Waals surface area contributed by atoms with Crippen molar-refractivity contribution in [1.82, 2.24) is 15.1 Å². The minimum atomic E-state index is -0.483. The number of likely N-dealkylation sites (tertiary alicyclic amines) is 1. The Bertz CT molecular complexity index is 1180. The molecule has 0 spiro atoms. The van der Waals surface area contributed by atoms with Crippen molar-refractivity contribution < 1.29 is 33.1 Å². The maximum atomic E-state index is 12.7. The number of hydrogen-bond donors (Lipinski definition) is 1. The van der Waals surface area contributed by atoms with Gasteiger partial charge in [0.1, 0.15) is 5.76 Å². The summed E-state index contributed by atoms with van der Waals surface area (Å²) in [7, 11) is 0. The van der Waals surface area contributed by atoms with E-state index in [0.29, 0.717) is 40.8 Å². The Morgan fingerprint density at radius 2 is 2.03 bits per heavy atom. The van der Waals surface area contributed by atoms with E-state index >= 15 is 0 Å². The highest BCUT2D eigenvalue weighted by molar-refractivity contribution is 8.18. The molecule has 3 aliphatic rings. The lowest BCUT2D eigenvalue weighted by Crippen LogP contribution is -2.40. The van der Waals surface area contributed by atoms with Crippen molar-refractivity contribution in [2.24, 2.45) is 5.92 Å². The number of ether oxygens (including phenoxy) is 2. The number of rotatable bonds is 7. The molecule has 176 valence electrons. The molecule has 0 radical (unpaired) electrons. The van der Waals surface area contributed by atoms with Crippen molar-refractivity contribution in [1.29, 1.82) is 0 Å². The number of carbonyl (C=O) groups excluding carboxylic acids is 4. The first-order valence-electron chi connectivity index (χ1n) is 10.7. The first-order chi connectivity index (χ1) is 16.5. The third kappa shape index (κ3) is 4.51. The van der Waals surface area contributed by atoms with Gasteiger partial charge < -0.3 is 24.1 Å². The van der Waals surface area contributed by atoms with Crippen LogP contribution in [0.3, 0.4) is 0 Å². The highest BCUT2D eigenvalue weighted by Gasteiger charge is 2.36. The van der Waals surface area contributed by atoms with Crippen LogP contribution >= 0.6 is 11.8 Å². The van der Waals surface area contributed by atoms with Gasteiger partial charge in [0.25, 0.3) is 11.1 Å². The molecule has 1 aromatic carbocycles. The van der Waals surface area contributed by atoms with E-state index in [-0.39, 0.29) is 38.1 Å². The zero-order valence-corrected chi connectivity index (χ0v) is 18.8. The molecule has 10 nitrogen and oxygen atoms in total. The fourth-order valence-corrected chi connectivity index (χ4v) is 4.84. The summed E-state index contributed by atoms with van der Waals surface area (Å²) in [5.74, 6) is 0.584. The Morgan fingerprint density at radius 1 is 1.18 bits per heavy atom. The molecule has 3 aliphatic heterocycles. The van der Waals surface area contributed by atoms with Crippen LogP contribution in [0.5, 0.6) is 11.5 Å². The summed E-state index contributed by atoms with van der Waals surface area (Å²) in [6.07, 6.45) is 3.28. The summed E-state index contributed by atoms with van der Waals surface area (Å²) in [4.78, 5) is 52.8. The summed E-state index contributed by atoms with van der Waals surface area (Å²) < 4.78 is 15.9. The molecular formula is C23H21N3O7S. The highest BCUT2D eigenvalue weighted by Crippen LogP contribution is 2.36. The van der Waals surface area contributed by atoms with Crippen molar-refractivity contribution in [3.8, 4) is 11.5 Å². The van der Waals surface area contributed by atoms with Crippen LogP contribution in [-0.2, 0) is 20.9 Å². The van der Waals surface area contributed by atoms with Crippen LogP contribution in [0.1, 0.15) is 17.7 Å². The molecule has 0 saturated carbocycles. The van der Waals surface area contributed by atoms with Crippen LogP contribution in [0.15, 0.2) is 45.9 Å². The van der Waals surface area contributed by atoms with Gasteiger partial charge in [-0.15, -0.1) is 0 Å². The lowest BCUT2D eigenvalue weighted by atomic mass is 10.1. The number of hydrogen-bond acceptors (Lipinski definition) is 8. The normalized spacial score (nSPS) is 20.6. The molecule has 1 N–H and O–H groups in total. The van der Waals surface area contributed by atoms with Gasteiger partial charge in [0.15, 0.2) is 11.5 Å². The second kappa shape index (κ2) is 9.26. The Morgan fingerprint density at radius 3 is 2.85 bits per heavy atom. The maximum Gasteiger partial charge on any atom is 0.293 e. The number of amides is 4. The summed E-state index contributed by atoms with van der Waals surface area (Å²) in [6, 6.07) is 8.79. The average molecular weight is 484 g/mol. The predicted octanol–water partition coefficient (Wildman–Crippen LogP) is 2.21. The van der Waals surface area contributed by atoms with E-state index in [1.165, 1.54) is 6.26 Å². The smallest absolute Gasteiger partial charge is 0.293 e. The van der Waals surface area contributed by atoms with Gasteiger partial charge in [-0.25, -0.2) is 0 Å². The maximum absolute atomic E-state index is 12.7. The topological polar surface area (TPSA) is 118 Å². The van der Waals surface area contributed by atoms with Gasteiger partial charge in [-0.05, 0) is 47.7 Å². The fourth-order valence-electron chi connectivity index (χ4n) is 3.97. The third-order valence-corrected chi connectivity index (χ3v) is 6.62. The molecule has 2 fully saturated rings. The Hall–Kier alpha value is -3.73. The molecule has 1 atom stereocenters. The van der Waals surface area contributed by atoms with Gasteiger partial charge in [-0.1, -0.05) is 6.07 Å². The number of thioether (sulfide) groups is 1.